The molecule has 0 aliphatic rings. The predicted molar refractivity (Wildman–Crippen MR) is 101 cm³/mol. The first-order valence-electron chi connectivity index (χ1n) is 8.03. The standard InChI is InChI=1S/C20H16N2O5/c1-26-18-6-3-5-15(13-18)21-20(23)14-4-2-7-19(12-14)27-17-10-8-16(9-11-17)22(24)25/h2-13H,1H3,(H,21,23). The van der Waals surface area contributed by atoms with Gasteiger partial charge in [-0.1, -0.05) is 12.1 Å². The van der Waals surface area contributed by atoms with E-state index in [1.54, 1.807) is 55.6 Å². The number of rotatable bonds is 6. The maximum absolute atomic E-state index is 12.5. The van der Waals surface area contributed by atoms with E-state index >= 15 is 0 Å². The summed E-state index contributed by atoms with van der Waals surface area (Å²) < 4.78 is 10.8. The van der Waals surface area contributed by atoms with Gasteiger partial charge >= 0.3 is 0 Å². The molecule has 136 valence electrons. The Labute approximate surface area is 155 Å². The molecule has 0 saturated heterocycles. The SMILES string of the molecule is COc1cccc(NC(=O)c2cccc(Oc3ccc([N+](=O)[O-])cc3)c2)c1. The summed E-state index contributed by atoms with van der Waals surface area (Å²) in [7, 11) is 1.56. The Bertz CT molecular complexity index is 970. The number of anilines is 1. The zero-order valence-corrected chi connectivity index (χ0v) is 14.4. The molecule has 0 saturated carbocycles. The topological polar surface area (TPSA) is 90.7 Å². The lowest BCUT2D eigenvalue weighted by molar-refractivity contribution is -0.384. The third kappa shape index (κ3) is 4.60. The highest BCUT2D eigenvalue weighted by Crippen LogP contribution is 2.25. The minimum atomic E-state index is -0.479. The fraction of sp³-hybridized carbons (Fsp3) is 0.0500. The molecule has 3 aromatic carbocycles. The number of amides is 1. The molecule has 0 radical (unpaired) electrons. The quantitative estimate of drug-likeness (QED) is 0.508. The molecule has 0 aliphatic heterocycles. The average molecular weight is 364 g/mol. The van der Waals surface area contributed by atoms with Crippen molar-refractivity contribution >= 4 is 17.3 Å². The van der Waals surface area contributed by atoms with Crippen molar-refractivity contribution in [2.75, 3.05) is 12.4 Å². The van der Waals surface area contributed by atoms with Crippen LogP contribution in [0, 0.1) is 10.1 Å². The summed E-state index contributed by atoms with van der Waals surface area (Å²) in [5, 5.41) is 13.5. The van der Waals surface area contributed by atoms with E-state index in [1.807, 2.05) is 0 Å². The number of ether oxygens (including phenoxy) is 2. The second-order valence-electron chi connectivity index (χ2n) is 5.57. The van der Waals surface area contributed by atoms with Gasteiger partial charge in [0.15, 0.2) is 0 Å². The summed E-state index contributed by atoms with van der Waals surface area (Å²) in [4.78, 5) is 22.7. The van der Waals surface area contributed by atoms with Crippen LogP contribution in [0.4, 0.5) is 11.4 Å². The van der Waals surface area contributed by atoms with Gasteiger partial charge in [0.25, 0.3) is 11.6 Å². The number of methoxy groups -OCH3 is 1. The van der Waals surface area contributed by atoms with Crippen LogP contribution in [0.1, 0.15) is 10.4 Å². The number of nitrogens with one attached hydrogen (secondary N) is 1. The van der Waals surface area contributed by atoms with Crippen molar-refractivity contribution in [3.63, 3.8) is 0 Å². The number of nitro groups is 1. The monoisotopic (exact) mass is 364 g/mol. The lowest BCUT2D eigenvalue weighted by Crippen LogP contribution is -2.11. The molecule has 0 spiro atoms. The summed E-state index contributed by atoms with van der Waals surface area (Å²) in [5.74, 6) is 1.23. The molecule has 0 fully saturated rings. The van der Waals surface area contributed by atoms with Gasteiger partial charge in [-0.25, -0.2) is 0 Å². The molecule has 1 amide bonds. The third-order valence-corrected chi connectivity index (χ3v) is 3.71. The Kier molecular flexibility index (Phi) is 5.32. The summed E-state index contributed by atoms with van der Waals surface area (Å²) in [5.41, 5.74) is 1.01. The van der Waals surface area contributed by atoms with E-state index < -0.39 is 4.92 Å². The van der Waals surface area contributed by atoms with E-state index in [2.05, 4.69) is 5.32 Å². The molecule has 0 bridgehead atoms. The van der Waals surface area contributed by atoms with Gasteiger partial charge in [0.05, 0.1) is 12.0 Å². The number of benzene rings is 3. The van der Waals surface area contributed by atoms with E-state index in [-0.39, 0.29) is 11.6 Å². The largest absolute Gasteiger partial charge is 0.497 e. The average Bonchev–Trinajstić information content (AvgIpc) is 2.68. The highest BCUT2D eigenvalue weighted by molar-refractivity contribution is 6.04. The minimum Gasteiger partial charge on any atom is -0.497 e. The Morgan fingerprint density at radius 2 is 1.63 bits per heavy atom. The van der Waals surface area contributed by atoms with Crippen molar-refractivity contribution in [3.8, 4) is 17.2 Å². The molecule has 7 heteroatoms. The van der Waals surface area contributed by atoms with Crippen molar-refractivity contribution < 1.29 is 19.2 Å². The predicted octanol–water partition coefficient (Wildman–Crippen LogP) is 4.65. The normalized spacial score (nSPS) is 10.1. The van der Waals surface area contributed by atoms with Crippen molar-refractivity contribution in [1.82, 2.24) is 0 Å². The number of nitro benzene ring substituents is 1. The van der Waals surface area contributed by atoms with Crippen molar-refractivity contribution in [1.29, 1.82) is 0 Å². The van der Waals surface area contributed by atoms with Crippen LogP contribution in [-0.2, 0) is 0 Å². The van der Waals surface area contributed by atoms with Gasteiger partial charge < -0.3 is 14.8 Å². The van der Waals surface area contributed by atoms with E-state index in [0.717, 1.165) is 0 Å². The van der Waals surface area contributed by atoms with Gasteiger partial charge in [0.2, 0.25) is 0 Å². The molecule has 0 unspecified atom stereocenters. The summed E-state index contributed by atoms with van der Waals surface area (Å²) in [6.45, 7) is 0. The lowest BCUT2D eigenvalue weighted by atomic mass is 10.2. The van der Waals surface area contributed by atoms with E-state index in [1.165, 1.54) is 24.3 Å². The Balaban J connectivity index is 1.72. The Morgan fingerprint density at radius 3 is 2.33 bits per heavy atom. The zero-order valence-electron chi connectivity index (χ0n) is 14.4. The highest BCUT2D eigenvalue weighted by atomic mass is 16.6. The van der Waals surface area contributed by atoms with Gasteiger partial charge in [-0.3, -0.25) is 14.9 Å². The van der Waals surface area contributed by atoms with Gasteiger partial charge in [-0.15, -0.1) is 0 Å². The van der Waals surface area contributed by atoms with Crippen LogP contribution in [0.2, 0.25) is 0 Å². The first-order valence-corrected chi connectivity index (χ1v) is 8.03. The van der Waals surface area contributed by atoms with Crippen molar-refractivity contribution in [2.45, 2.75) is 0 Å². The lowest BCUT2D eigenvalue weighted by Gasteiger charge is -2.09. The molecule has 7 nitrogen and oxygen atoms in total. The van der Waals surface area contributed by atoms with Crippen LogP contribution in [0.15, 0.2) is 72.8 Å². The number of carbonyl (C=O) groups excluding carboxylic acids is 1. The molecule has 0 atom stereocenters. The Morgan fingerprint density at radius 1 is 0.926 bits per heavy atom. The first-order chi connectivity index (χ1) is 13.0. The van der Waals surface area contributed by atoms with Crippen LogP contribution in [0.25, 0.3) is 0 Å². The first kappa shape index (κ1) is 17.9. The molecular formula is C20H16N2O5. The molecule has 1 N–H and O–H groups in total. The summed E-state index contributed by atoms with van der Waals surface area (Å²) in [6, 6.07) is 19.4. The number of nitrogens with zero attached hydrogens (tertiary/aromatic N) is 1. The fourth-order valence-electron chi connectivity index (χ4n) is 2.38. The summed E-state index contributed by atoms with van der Waals surface area (Å²) >= 11 is 0. The molecule has 0 aromatic heterocycles. The van der Waals surface area contributed by atoms with Crippen molar-refractivity contribution in [2.24, 2.45) is 0 Å². The van der Waals surface area contributed by atoms with Gasteiger partial charge in [0.1, 0.15) is 17.2 Å². The number of hydrogen-bond acceptors (Lipinski definition) is 5. The maximum atomic E-state index is 12.5. The highest BCUT2D eigenvalue weighted by Gasteiger charge is 2.09. The van der Waals surface area contributed by atoms with Crippen molar-refractivity contribution in [3.05, 3.63) is 88.5 Å². The van der Waals surface area contributed by atoms with E-state index in [9.17, 15) is 14.9 Å². The number of non-ortho nitro benzene ring substituents is 1. The minimum absolute atomic E-state index is 0.0197. The number of carbonyl (C=O) groups is 1. The second kappa shape index (κ2) is 8.01. The molecule has 0 aliphatic carbocycles. The van der Waals surface area contributed by atoms with E-state index in [0.29, 0.717) is 28.5 Å². The summed E-state index contributed by atoms with van der Waals surface area (Å²) in [6.07, 6.45) is 0. The van der Waals surface area contributed by atoms with Gasteiger partial charge in [-0.2, -0.15) is 0 Å². The van der Waals surface area contributed by atoms with Crippen LogP contribution in [-0.4, -0.2) is 17.9 Å². The maximum Gasteiger partial charge on any atom is 0.269 e. The van der Waals surface area contributed by atoms with Crippen LogP contribution >= 0.6 is 0 Å². The fourth-order valence-corrected chi connectivity index (χ4v) is 2.38. The zero-order chi connectivity index (χ0) is 19.2. The molecule has 27 heavy (non-hydrogen) atoms. The Hall–Kier alpha value is -3.87. The smallest absolute Gasteiger partial charge is 0.269 e. The molecule has 3 aromatic rings. The van der Waals surface area contributed by atoms with Crippen LogP contribution in [0.3, 0.4) is 0 Å². The van der Waals surface area contributed by atoms with Gasteiger partial charge in [0, 0.05) is 29.4 Å². The third-order valence-electron chi connectivity index (χ3n) is 3.71. The molecule has 3 rings (SSSR count). The molecular weight excluding hydrogens is 348 g/mol. The van der Waals surface area contributed by atoms with Crippen LogP contribution < -0.4 is 14.8 Å². The van der Waals surface area contributed by atoms with Gasteiger partial charge in [-0.05, 0) is 42.5 Å². The van der Waals surface area contributed by atoms with Crippen LogP contribution in [0.5, 0.6) is 17.2 Å². The number of hydrogen-bond donors (Lipinski definition) is 1. The van der Waals surface area contributed by atoms with E-state index in [4.69, 9.17) is 9.47 Å². The molecule has 0 heterocycles. The second-order valence-corrected chi connectivity index (χ2v) is 5.57.